The number of likely N-dealkylation sites (tertiary alicyclic amines) is 1. The fourth-order valence-corrected chi connectivity index (χ4v) is 6.01. The van der Waals surface area contributed by atoms with E-state index in [-0.39, 0.29) is 24.4 Å². The largest absolute Gasteiger partial charge is 0.453 e. The van der Waals surface area contributed by atoms with Gasteiger partial charge in [-0.05, 0) is 68.6 Å². The monoisotopic (exact) mass is 576 g/mol. The van der Waals surface area contributed by atoms with E-state index >= 15 is 0 Å². The minimum absolute atomic E-state index is 0.0660. The lowest BCUT2D eigenvalue weighted by Crippen LogP contribution is -2.42. The maximum absolute atomic E-state index is 14.9. The van der Waals surface area contributed by atoms with Crippen molar-refractivity contribution in [3.05, 3.63) is 66.2 Å². The van der Waals surface area contributed by atoms with E-state index in [1.807, 2.05) is 18.3 Å². The fourth-order valence-electron chi connectivity index (χ4n) is 4.97. The first-order valence-electron chi connectivity index (χ1n) is 14.0. The van der Waals surface area contributed by atoms with Crippen LogP contribution in [0.4, 0.5) is 14.9 Å². The number of piperidine rings is 1. The zero-order chi connectivity index (χ0) is 28.2. The van der Waals surface area contributed by atoms with Gasteiger partial charge in [-0.3, -0.25) is 14.9 Å². The lowest BCUT2D eigenvalue weighted by Gasteiger charge is -2.32. The zero-order valence-electron chi connectivity index (χ0n) is 22.6. The lowest BCUT2D eigenvalue weighted by molar-refractivity contribution is 0.184. The molecule has 2 fully saturated rings. The molecule has 2 aliphatic rings. The topological polar surface area (TPSA) is 112 Å². The number of pyridine rings is 2. The van der Waals surface area contributed by atoms with Crippen LogP contribution in [0, 0.1) is 5.82 Å². The quantitative estimate of drug-likeness (QED) is 0.207. The van der Waals surface area contributed by atoms with Gasteiger partial charge < -0.3 is 25.8 Å². The number of halogens is 1. The van der Waals surface area contributed by atoms with Crippen LogP contribution in [0.25, 0.3) is 20.8 Å². The van der Waals surface area contributed by atoms with Crippen molar-refractivity contribution in [1.29, 1.82) is 0 Å². The molecule has 6 rings (SSSR count). The zero-order valence-corrected chi connectivity index (χ0v) is 23.4. The van der Waals surface area contributed by atoms with Gasteiger partial charge in [0.05, 0.1) is 27.4 Å². The number of hydrogen-bond donors (Lipinski definition) is 4. The summed E-state index contributed by atoms with van der Waals surface area (Å²) in [6, 6.07) is 12.6. The highest BCUT2D eigenvalue weighted by Gasteiger charge is 2.23. The van der Waals surface area contributed by atoms with E-state index in [1.54, 1.807) is 18.3 Å². The summed E-state index contributed by atoms with van der Waals surface area (Å²) in [4.78, 5) is 24.6. The van der Waals surface area contributed by atoms with Crippen LogP contribution in [-0.4, -0.2) is 64.3 Å². The number of carbonyl (C=O) groups excluding carboxylic acids is 1. The van der Waals surface area contributed by atoms with Crippen molar-refractivity contribution in [1.82, 2.24) is 25.5 Å². The Morgan fingerprint density at radius 2 is 1.90 bits per heavy atom. The first-order valence-corrected chi connectivity index (χ1v) is 14.8. The molecule has 0 atom stereocenters. The van der Waals surface area contributed by atoms with Crippen LogP contribution in [-0.2, 0) is 6.54 Å². The van der Waals surface area contributed by atoms with Gasteiger partial charge in [-0.2, -0.15) is 0 Å². The van der Waals surface area contributed by atoms with Crippen molar-refractivity contribution in [2.24, 2.45) is 0 Å². The summed E-state index contributed by atoms with van der Waals surface area (Å²) in [5, 5.41) is 17.9. The van der Waals surface area contributed by atoms with E-state index < -0.39 is 5.82 Å². The molecule has 4 heterocycles. The van der Waals surface area contributed by atoms with Crippen molar-refractivity contribution in [2.75, 3.05) is 31.6 Å². The number of ether oxygens (including phenoxy) is 1. The predicted octanol–water partition coefficient (Wildman–Crippen LogP) is 5.12. The minimum Gasteiger partial charge on any atom is -0.453 e. The number of rotatable bonds is 10. The molecule has 4 N–H and O–H groups in total. The Bertz CT molecular complexity index is 1500. The molecule has 1 saturated carbocycles. The molecule has 4 aromatic rings. The minimum atomic E-state index is -0.570. The second-order valence-electron chi connectivity index (χ2n) is 10.5. The summed E-state index contributed by atoms with van der Waals surface area (Å²) in [5.74, 6) is 0.000921. The third kappa shape index (κ3) is 6.99. The molecule has 3 aromatic heterocycles. The van der Waals surface area contributed by atoms with E-state index in [0.29, 0.717) is 24.0 Å². The van der Waals surface area contributed by atoms with Crippen molar-refractivity contribution < 1.29 is 19.0 Å². The number of aromatic nitrogens is 2. The molecule has 2 amide bonds. The fraction of sp³-hybridized carbons (Fsp3) is 0.367. The van der Waals surface area contributed by atoms with Gasteiger partial charge in [0.25, 0.3) is 0 Å². The van der Waals surface area contributed by atoms with Gasteiger partial charge in [0.2, 0.25) is 0 Å². The maximum Gasteiger partial charge on any atom is 0.319 e. The number of benzene rings is 1. The maximum atomic E-state index is 14.9. The van der Waals surface area contributed by atoms with E-state index in [2.05, 4.69) is 31.9 Å². The Hall–Kier alpha value is -3.64. The molecule has 1 aliphatic heterocycles. The Morgan fingerprint density at radius 3 is 2.63 bits per heavy atom. The molecule has 0 radical (unpaired) electrons. The summed E-state index contributed by atoms with van der Waals surface area (Å²) < 4.78 is 21.6. The van der Waals surface area contributed by atoms with Gasteiger partial charge in [-0.15, -0.1) is 11.3 Å². The van der Waals surface area contributed by atoms with E-state index in [1.165, 1.54) is 23.5 Å². The Morgan fingerprint density at radius 1 is 1.05 bits per heavy atom. The molecule has 41 heavy (non-hydrogen) atoms. The van der Waals surface area contributed by atoms with Crippen LogP contribution in [0.2, 0.25) is 0 Å². The number of urea groups is 1. The highest BCUT2D eigenvalue weighted by Crippen LogP contribution is 2.39. The number of aliphatic hydroxyl groups is 1. The van der Waals surface area contributed by atoms with Crippen LogP contribution in [0.15, 0.2) is 54.9 Å². The van der Waals surface area contributed by atoms with Gasteiger partial charge >= 0.3 is 6.03 Å². The molecule has 0 unspecified atom stereocenters. The third-order valence-corrected chi connectivity index (χ3v) is 8.48. The summed E-state index contributed by atoms with van der Waals surface area (Å²) in [5.41, 5.74) is 3.12. The van der Waals surface area contributed by atoms with Gasteiger partial charge in [0.15, 0.2) is 11.6 Å². The summed E-state index contributed by atoms with van der Waals surface area (Å²) in [6.07, 6.45) is 7.68. The molecule has 11 heteroatoms. The molecular formula is C30H33FN6O3S. The van der Waals surface area contributed by atoms with Crippen LogP contribution in [0.3, 0.4) is 0 Å². The number of aliphatic hydroxyl groups excluding tert-OH is 1. The summed E-state index contributed by atoms with van der Waals surface area (Å²) >= 11 is 1.50. The first kappa shape index (κ1) is 27.5. The number of carbonyl (C=O) groups is 1. The van der Waals surface area contributed by atoms with Gasteiger partial charge in [0, 0.05) is 55.4 Å². The highest BCUT2D eigenvalue weighted by molar-refractivity contribution is 7.22. The number of hydrogen-bond acceptors (Lipinski definition) is 8. The van der Waals surface area contributed by atoms with Crippen molar-refractivity contribution in [3.63, 3.8) is 0 Å². The predicted molar refractivity (Wildman–Crippen MR) is 158 cm³/mol. The van der Waals surface area contributed by atoms with Crippen molar-refractivity contribution in [2.45, 2.75) is 44.3 Å². The average molecular weight is 577 g/mol. The molecule has 1 aromatic carbocycles. The smallest absolute Gasteiger partial charge is 0.319 e. The number of fused-ring (bicyclic) bond motifs is 1. The number of nitrogens with zero attached hydrogens (tertiary/aromatic N) is 3. The highest BCUT2D eigenvalue weighted by atomic mass is 32.1. The van der Waals surface area contributed by atoms with Crippen molar-refractivity contribution in [3.8, 4) is 22.1 Å². The van der Waals surface area contributed by atoms with Crippen LogP contribution >= 0.6 is 11.3 Å². The van der Waals surface area contributed by atoms with Gasteiger partial charge in [0.1, 0.15) is 5.75 Å². The Balaban J connectivity index is 1.10. The Labute approximate surface area is 241 Å². The molecule has 0 spiro atoms. The summed E-state index contributed by atoms with van der Waals surface area (Å²) in [6.45, 7) is 3.73. The van der Waals surface area contributed by atoms with Crippen molar-refractivity contribution >= 4 is 33.3 Å². The number of amides is 2. The van der Waals surface area contributed by atoms with Crippen LogP contribution < -0.4 is 20.7 Å². The standard InChI is InChI=1S/C30H33FN6O3S/c31-23-15-22(36-30(39)35-21-2-3-21)4-6-26(23)40-27-7-10-33-25-16-28(41-29(25)27)24-5-1-19(17-34-24)18-37-12-8-20(9-13-37)32-11-14-38/h1,4-7,10,15-17,20-21,32,38H,2-3,8-9,11-14,18H2,(H2,35,36,39). The second kappa shape index (κ2) is 12.5. The van der Waals surface area contributed by atoms with E-state index in [9.17, 15) is 9.18 Å². The molecule has 0 bridgehead atoms. The van der Waals surface area contributed by atoms with Gasteiger partial charge in [-0.25, -0.2) is 9.18 Å². The molecule has 1 aliphatic carbocycles. The average Bonchev–Trinajstić information content (AvgIpc) is 3.68. The SMILES string of the molecule is O=C(Nc1ccc(Oc2ccnc3cc(-c4ccc(CN5CCC(NCCO)CC5)cn4)sc23)c(F)c1)NC1CC1. The Kier molecular flexibility index (Phi) is 8.38. The molecule has 1 saturated heterocycles. The first-order chi connectivity index (χ1) is 20.0. The summed E-state index contributed by atoms with van der Waals surface area (Å²) in [7, 11) is 0. The van der Waals surface area contributed by atoms with Crippen LogP contribution in [0.5, 0.6) is 11.5 Å². The third-order valence-electron chi connectivity index (χ3n) is 7.31. The normalized spacial score (nSPS) is 16.1. The van der Waals surface area contributed by atoms with Gasteiger partial charge in [-0.1, -0.05) is 6.07 Å². The second-order valence-corrected chi connectivity index (χ2v) is 11.6. The molecule has 214 valence electrons. The van der Waals surface area contributed by atoms with Crippen LogP contribution in [0.1, 0.15) is 31.2 Å². The lowest BCUT2D eigenvalue weighted by atomic mass is 10.0. The van der Waals surface area contributed by atoms with E-state index in [4.69, 9.17) is 14.8 Å². The van der Waals surface area contributed by atoms with E-state index in [0.717, 1.165) is 71.7 Å². The number of anilines is 1. The number of thiophene rings is 1. The molecule has 9 nitrogen and oxygen atoms in total. The molecular weight excluding hydrogens is 543 g/mol. The number of nitrogens with one attached hydrogen (secondary N) is 3.